The van der Waals surface area contributed by atoms with Crippen LogP contribution in [0.2, 0.25) is 5.02 Å². The van der Waals surface area contributed by atoms with E-state index in [1.165, 1.54) is 16.7 Å². The summed E-state index contributed by atoms with van der Waals surface area (Å²) >= 11 is 5.94. The summed E-state index contributed by atoms with van der Waals surface area (Å²) in [5.74, 6) is 0.937. The molecular weight excluding hydrogens is 449 g/mol. The molecule has 9 nitrogen and oxygen atoms in total. The Labute approximate surface area is 193 Å². The SMILES string of the molecule is Cc1nc2c(-c3ccc(Cl)cc3F)nc(N3CCC(Oc4cnn(C)c4)C3)nc2c(=O)n1C. The van der Waals surface area contributed by atoms with E-state index >= 15 is 0 Å². The molecule has 3 aromatic heterocycles. The van der Waals surface area contributed by atoms with E-state index in [0.717, 1.165) is 6.42 Å². The average Bonchev–Trinajstić information content (AvgIpc) is 3.41. The van der Waals surface area contributed by atoms with E-state index in [9.17, 15) is 9.18 Å². The second-order valence-corrected chi connectivity index (χ2v) is 8.48. The Kier molecular flexibility index (Phi) is 5.24. The maximum atomic E-state index is 14.9. The van der Waals surface area contributed by atoms with Gasteiger partial charge in [0.25, 0.3) is 5.56 Å². The highest BCUT2D eigenvalue weighted by molar-refractivity contribution is 6.30. The minimum atomic E-state index is -0.548. The molecule has 1 aliphatic heterocycles. The van der Waals surface area contributed by atoms with Crippen molar-refractivity contribution < 1.29 is 9.13 Å². The average molecular weight is 470 g/mol. The summed E-state index contributed by atoms with van der Waals surface area (Å²) in [4.78, 5) is 28.6. The van der Waals surface area contributed by atoms with Crippen LogP contribution in [-0.4, -0.2) is 48.5 Å². The molecule has 4 aromatic rings. The molecule has 1 atom stereocenters. The molecule has 0 radical (unpaired) electrons. The summed E-state index contributed by atoms with van der Waals surface area (Å²) in [6.45, 7) is 2.85. The molecule has 4 heterocycles. The van der Waals surface area contributed by atoms with Gasteiger partial charge in [0.15, 0.2) is 11.3 Å². The first-order valence-electron chi connectivity index (χ1n) is 10.4. The summed E-state index contributed by atoms with van der Waals surface area (Å²) in [7, 11) is 3.45. The van der Waals surface area contributed by atoms with Crippen molar-refractivity contribution in [1.29, 1.82) is 0 Å². The van der Waals surface area contributed by atoms with Crippen LogP contribution in [0.15, 0.2) is 35.4 Å². The molecule has 33 heavy (non-hydrogen) atoms. The van der Waals surface area contributed by atoms with Gasteiger partial charge in [-0.3, -0.25) is 14.0 Å². The van der Waals surface area contributed by atoms with Gasteiger partial charge in [-0.25, -0.2) is 19.3 Å². The largest absolute Gasteiger partial charge is 0.485 e. The van der Waals surface area contributed by atoms with Crippen LogP contribution in [0, 0.1) is 12.7 Å². The number of halogens is 2. The van der Waals surface area contributed by atoms with Crippen molar-refractivity contribution in [3.8, 4) is 17.0 Å². The third-order valence-electron chi connectivity index (χ3n) is 5.74. The lowest BCUT2D eigenvalue weighted by Crippen LogP contribution is -2.28. The first-order chi connectivity index (χ1) is 15.8. The predicted octanol–water partition coefficient (Wildman–Crippen LogP) is 2.88. The lowest BCUT2D eigenvalue weighted by Gasteiger charge is -2.19. The molecule has 0 amide bonds. The van der Waals surface area contributed by atoms with Crippen LogP contribution >= 0.6 is 11.6 Å². The first-order valence-corrected chi connectivity index (χ1v) is 10.8. The molecule has 11 heteroatoms. The van der Waals surface area contributed by atoms with Gasteiger partial charge >= 0.3 is 0 Å². The van der Waals surface area contributed by atoms with Gasteiger partial charge in [0.1, 0.15) is 29.0 Å². The van der Waals surface area contributed by atoms with E-state index in [4.69, 9.17) is 16.3 Å². The number of ether oxygens (including phenoxy) is 1. The summed E-state index contributed by atoms with van der Waals surface area (Å²) in [6.07, 6.45) is 4.11. The zero-order chi connectivity index (χ0) is 23.3. The quantitative estimate of drug-likeness (QED) is 0.454. The van der Waals surface area contributed by atoms with Gasteiger partial charge in [-0.1, -0.05) is 11.6 Å². The van der Waals surface area contributed by atoms with Crippen LogP contribution in [0.5, 0.6) is 5.75 Å². The number of aryl methyl sites for hydroxylation is 2. The van der Waals surface area contributed by atoms with Crippen molar-refractivity contribution >= 4 is 28.6 Å². The van der Waals surface area contributed by atoms with E-state index in [2.05, 4.69) is 20.1 Å². The van der Waals surface area contributed by atoms with Crippen LogP contribution in [-0.2, 0) is 14.1 Å². The van der Waals surface area contributed by atoms with Gasteiger partial charge in [0.2, 0.25) is 5.95 Å². The number of hydrogen-bond donors (Lipinski definition) is 0. The Morgan fingerprint density at radius 3 is 2.73 bits per heavy atom. The zero-order valence-corrected chi connectivity index (χ0v) is 19.0. The summed E-state index contributed by atoms with van der Waals surface area (Å²) in [6, 6.07) is 4.33. The molecule has 0 bridgehead atoms. The first kappa shape index (κ1) is 21.3. The standard InChI is InChI=1S/C22H21ClFN7O2/c1-12-26-19-18(16-5-4-13(23)8-17(16)24)27-22(28-20(19)21(32)30(12)3)31-7-6-14(11-31)33-15-9-25-29(2)10-15/h4-5,8-10,14H,6-7,11H2,1-3H3. The minimum Gasteiger partial charge on any atom is -0.485 e. The molecule has 1 aliphatic rings. The van der Waals surface area contributed by atoms with Crippen LogP contribution in [0.4, 0.5) is 10.3 Å². The third-order valence-corrected chi connectivity index (χ3v) is 5.97. The highest BCUT2D eigenvalue weighted by atomic mass is 35.5. The highest BCUT2D eigenvalue weighted by Crippen LogP contribution is 2.31. The van der Waals surface area contributed by atoms with Crippen LogP contribution in [0.1, 0.15) is 12.2 Å². The molecule has 0 aliphatic carbocycles. The fourth-order valence-corrected chi connectivity index (χ4v) is 4.07. The van der Waals surface area contributed by atoms with Crippen molar-refractivity contribution in [2.75, 3.05) is 18.0 Å². The molecule has 0 spiro atoms. The molecule has 1 saturated heterocycles. The minimum absolute atomic E-state index is 0.0943. The number of nitrogens with zero attached hydrogens (tertiary/aromatic N) is 7. The molecule has 170 valence electrons. The lowest BCUT2D eigenvalue weighted by atomic mass is 10.1. The third kappa shape index (κ3) is 3.91. The van der Waals surface area contributed by atoms with Crippen molar-refractivity contribution in [3.05, 3.63) is 57.6 Å². The fraction of sp³-hybridized carbons (Fsp3) is 0.318. The smallest absolute Gasteiger partial charge is 0.279 e. The monoisotopic (exact) mass is 469 g/mol. The second kappa shape index (κ2) is 8.11. The van der Waals surface area contributed by atoms with Crippen LogP contribution in [0.3, 0.4) is 0 Å². The molecule has 0 saturated carbocycles. The van der Waals surface area contributed by atoms with Gasteiger partial charge in [-0.2, -0.15) is 5.10 Å². The number of anilines is 1. The van der Waals surface area contributed by atoms with E-state index in [1.54, 1.807) is 37.1 Å². The number of hydrogen-bond acceptors (Lipinski definition) is 7. The van der Waals surface area contributed by atoms with Gasteiger partial charge < -0.3 is 9.64 Å². The number of benzene rings is 1. The van der Waals surface area contributed by atoms with Crippen molar-refractivity contribution in [3.63, 3.8) is 0 Å². The Hall–Kier alpha value is -3.53. The number of fused-ring (bicyclic) bond motifs is 1. The Balaban J connectivity index is 1.59. The topological polar surface area (TPSA) is 91.0 Å². The molecule has 1 fully saturated rings. The lowest BCUT2D eigenvalue weighted by molar-refractivity contribution is 0.224. The van der Waals surface area contributed by atoms with E-state index in [-0.39, 0.29) is 39.0 Å². The second-order valence-electron chi connectivity index (χ2n) is 8.04. The normalized spacial score (nSPS) is 16.0. The van der Waals surface area contributed by atoms with Gasteiger partial charge in [-0.05, 0) is 25.1 Å². The number of aromatic nitrogens is 6. The van der Waals surface area contributed by atoms with Crippen LogP contribution in [0.25, 0.3) is 22.3 Å². The molecule has 1 unspecified atom stereocenters. The fourth-order valence-electron chi connectivity index (χ4n) is 3.91. The Morgan fingerprint density at radius 2 is 2.00 bits per heavy atom. The van der Waals surface area contributed by atoms with Crippen molar-refractivity contribution in [1.82, 2.24) is 29.3 Å². The van der Waals surface area contributed by atoms with Gasteiger partial charge in [0, 0.05) is 37.6 Å². The molecular formula is C22H21ClFN7O2. The Bertz CT molecular complexity index is 1430. The highest BCUT2D eigenvalue weighted by Gasteiger charge is 2.28. The summed E-state index contributed by atoms with van der Waals surface area (Å²) in [5, 5.41) is 4.39. The van der Waals surface area contributed by atoms with Crippen LogP contribution < -0.4 is 15.2 Å². The molecule has 1 aromatic carbocycles. The van der Waals surface area contributed by atoms with E-state index in [0.29, 0.717) is 30.6 Å². The summed E-state index contributed by atoms with van der Waals surface area (Å²) < 4.78 is 24.0. The van der Waals surface area contributed by atoms with Crippen molar-refractivity contribution in [2.24, 2.45) is 14.1 Å². The van der Waals surface area contributed by atoms with E-state index < -0.39 is 5.82 Å². The maximum Gasteiger partial charge on any atom is 0.279 e. The predicted molar refractivity (Wildman–Crippen MR) is 122 cm³/mol. The Morgan fingerprint density at radius 1 is 1.18 bits per heavy atom. The summed E-state index contributed by atoms with van der Waals surface area (Å²) in [5.41, 5.74) is 0.522. The van der Waals surface area contributed by atoms with Gasteiger partial charge in [-0.15, -0.1) is 0 Å². The van der Waals surface area contributed by atoms with Crippen molar-refractivity contribution in [2.45, 2.75) is 19.4 Å². The van der Waals surface area contributed by atoms with E-state index in [1.807, 2.05) is 11.9 Å². The molecule has 5 rings (SSSR count). The zero-order valence-electron chi connectivity index (χ0n) is 18.3. The number of rotatable bonds is 4. The van der Waals surface area contributed by atoms with Gasteiger partial charge in [0.05, 0.1) is 18.9 Å². The maximum absolute atomic E-state index is 14.9. The molecule has 0 N–H and O–H groups in total.